The first-order chi connectivity index (χ1) is 12.6. The third kappa shape index (κ3) is 3.02. The van der Waals surface area contributed by atoms with E-state index in [1.165, 1.54) is 6.92 Å². The standard InChI is InChI=1S/C19H17N5O2/c1-12(25)21-13-5-7-14(8-6-13)22-18-10-16-15(11-20-18)23-19(24(16)2)17-4-3-9-26-17/h3-11H,1-2H3,(H,20,22)(H,21,25). The molecule has 26 heavy (non-hydrogen) atoms. The molecule has 0 fully saturated rings. The Bertz CT molecular complexity index is 1070. The topological polar surface area (TPSA) is 85.0 Å². The molecular formula is C19H17N5O2. The number of amides is 1. The van der Waals surface area contributed by atoms with E-state index in [2.05, 4.69) is 20.6 Å². The minimum atomic E-state index is -0.0959. The van der Waals surface area contributed by atoms with E-state index in [4.69, 9.17) is 4.42 Å². The Morgan fingerprint density at radius 1 is 1.15 bits per heavy atom. The Kier molecular flexibility index (Phi) is 3.89. The molecule has 0 saturated carbocycles. The number of benzene rings is 1. The highest BCUT2D eigenvalue weighted by atomic mass is 16.3. The Balaban J connectivity index is 1.61. The molecule has 0 radical (unpaired) electrons. The average Bonchev–Trinajstić information content (AvgIpc) is 3.25. The first kappa shape index (κ1) is 15.9. The Morgan fingerprint density at radius 3 is 2.62 bits per heavy atom. The van der Waals surface area contributed by atoms with Crippen LogP contribution in [0.15, 0.2) is 59.3 Å². The Hall–Kier alpha value is -3.61. The molecule has 4 aromatic rings. The maximum Gasteiger partial charge on any atom is 0.221 e. The number of anilines is 3. The van der Waals surface area contributed by atoms with Gasteiger partial charge in [-0.15, -0.1) is 0 Å². The first-order valence-electron chi connectivity index (χ1n) is 8.11. The molecule has 2 N–H and O–H groups in total. The van der Waals surface area contributed by atoms with Crippen molar-refractivity contribution in [2.24, 2.45) is 7.05 Å². The van der Waals surface area contributed by atoms with E-state index in [-0.39, 0.29) is 5.91 Å². The van der Waals surface area contributed by atoms with Crippen LogP contribution in [0.5, 0.6) is 0 Å². The molecule has 3 aromatic heterocycles. The molecule has 0 aliphatic carbocycles. The Labute approximate surface area is 149 Å². The predicted octanol–water partition coefficient (Wildman–Crippen LogP) is 3.93. The number of pyridine rings is 1. The van der Waals surface area contributed by atoms with Crippen molar-refractivity contribution in [3.63, 3.8) is 0 Å². The second-order valence-corrected chi connectivity index (χ2v) is 5.91. The van der Waals surface area contributed by atoms with Gasteiger partial charge in [0, 0.05) is 31.4 Å². The summed E-state index contributed by atoms with van der Waals surface area (Å²) < 4.78 is 7.42. The monoisotopic (exact) mass is 347 g/mol. The lowest BCUT2D eigenvalue weighted by atomic mass is 10.2. The molecular weight excluding hydrogens is 330 g/mol. The van der Waals surface area contributed by atoms with Crippen molar-refractivity contribution < 1.29 is 9.21 Å². The van der Waals surface area contributed by atoms with Gasteiger partial charge >= 0.3 is 0 Å². The lowest BCUT2D eigenvalue weighted by Gasteiger charge is -2.07. The third-order valence-corrected chi connectivity index (χ3v) is 3.99. The van der Waals surface area contributed by atoms with Gasteiger partial charge in [0.25, 0.3) is 0 Å². The summed E-state index contributed by atoms with van der Waals surface area (Å²) in [6, 6.07) is 13.1. The summed E-state index contributed by atoms with van der Waals surface area (Å²) in [5, 5.41) is 6.00. The summed E-state index contributed by atoms with van der Waals surface area (Å²) in [5.41, 5.74) is 3.37. The van der Waals surface area contributed by atoms with Gasteiger partial charge in [0.2, 0.25) is 5.91 Å². The van der Waals surface area contributed by atoms with Crippen LogP contribution in [0, 0.1) is 0 Å². The summed E-state index contributed by atoms with van der Waals surface area (Å²) >= 11 is 0. The van der Waals surface area contributed by atoms with Gasteiger partial charge in [0.15, 0.2) is 11.6 Å². The number of aryl methyl sites for hydroxylation is 1. The smallest absolute Gasteiger partial charge is 0.221 e. The van der Waals surface area contributed by atoms with Gasteiger partial charge < -0.3 is 19.6 Å². The maximum absolute atomic E-state index is 11.1. The molecule has 0 aliphatic heterocycles. The third-order valence-electron chi connectivity index (χ3n) is 3.99. The molecule has 1 aromatic carbocycles. The molecule has 0 atom stereocenters. The van der Waals surface area contributed by atoms with Crippen molar-refractivity contribution in [2.75, 3.05) is 10.6 Å². The van der Waals surface area contributed by atoms with Gasteiger partial charge in [-0.3, -0.25) is 4.79 Å². The number of furan rings is 1. The quantitative estimate of drug-likeness (QED) is 0.584. The first-order valence-corrected chi connectivity index (χ1v) is 8.11. The summed E-state index contributed by atoms with van der Waals surface area (Å²) in [4.78, 5) is 20.1. The highest BCUT2D eigenvalue weighted by molar-refractivity contribution is 5.89. The van der Waals surface area contributed by atoms with Crippen molar-refractivity contribution in [2.45, 2.75) is 6.92 Å². The molecule has 0 unspecified atom stereocenters. The molecule has 0 aliphatic rings. The SMILES string of the molecule is CC(=O)Nc1ccc(Nc2cc3c(cn2)nc(-c2ccco2)n3C)cc1. The van der Waals surface area contributed by atoms with E-state index in [0.29, 0.717) is 11.6 Å². The number of rotatable bonds is 4. The number of carbonyl (C=O) groups is 1. The number of fused-ring (bicyclic) bond motifs is 1. The summed E-state index contributed by atoms with van der Waals surface area (Å²) in [5.74, 6) is 2.08. The van der Waals surface area contributed by atoms with Crippen molar-refractivity contribution >= 4 is 34.1 Å². The lowest BCUT2D eigenvalue weighted by Crippen LogP contribution is -2.05. The zero-order chi connectivity index (χ0) is 18.1. The van der Waals surface area contributed by atoms with Crippen molar-refractivity contribution in [1.82, 2.24) is 14.5 Å². The zero-order valence-electron chi connectivity index (χ0n) is 14.4. The van der Waals surface area contributed by atoms with Crippen LogP contribution in [-0.2, 0) is 11.8 Å². The van der Waals surface area contributed by atoms with E-state index < -0.39 is 0 Å². The summed E-state index contributed by atoms with van der Waals surface area (Å²) in [6.45, 7) is 1.48. The lowest BCUT2D eigenvalue weighted by molar-refractivity contribution is -0.114. The largest absolute Gasteiger partial charge is 0.461 e. The number of aromatic nitrogens is 3. The fourth-order valence-corrected chi connectivity index (χ4v) is 2.78. The van der Waals surface area contributed by atoms with Gasteiger partial charge in [-0.1, -0.05) is 0 Å². The molecule has 130 valence electrons. The van der Waals surface area contributed by atoms with E-state index in [9.17, 15) is 4.79 Å². The van der Waals surface area contributed by atoms with E-state index >= 15 is 0 Å². The normalized spacial score (nSPS) is 10.8. The predicted molar refractivity (Wildman–Crippen MR) is 100 cm³/mol. The van der Waals surface area contributed by atoms with Crippen LogP contribution in [0.4, 0.5) is 17.2 Å². The average molecular weight is 347 g/mol. The molecule has 1 amide bonds. The van der Waals surface area contributed by atoms with E-state index in [1.54, 1.807) is 12.5 Å². The molecule has 7 nitrogen and oxygen atoms in total. The van der Waals surface area contributed by atoms with Gasteiger partial charge in [-0.05, 0) is 36.4 Å². The zero-order valence-corrected chi connectivity index (χ0v) is 14.4. The molecule has 4 rings (SSSR count). The second kappa shape index (κ2) is 6.36. The number of imidazole rings is 1. The van der Waals surface area contributed by atoms with E-state index in [0.717, 1.165) is 28.2 Å². The van der Waals surface area contributed by atoms with E-state index in [1.807, 2.05) is 54.1 Å². The number of carbonyl (C=O) groups excluding carboxylic acids is 1. The molecule has 0 saturated heterocycles. The summed E-state index contributed by atoms with van der Waals surface area (Å²) in [6.07, 6.45) is 3.36. The van der Waals surface area contributed by atoms with Crippen LogP contribution < -0.4 is 10.6 Å². The summed E-state index contributed by atoms with van der Waals surface area (Å²) in [7, 11) is 1.94. The second-order valence-electron chi connectivity index (χ2n) is 5.91. The minimum absolute atomic E-state index is 0.0959. The van der Waals surface area contributed by atoms with Crippen molar-refractivity contribution in [3.05, 3.63) is 54.9 Å². The highest BCUT2D eigenvalue weighted by Gasteiger charge is 2.13. The highest BCUT2D eigenvalue weighted by Crippen LogP contribution is 2.26. The van der Waals surface area contributed by atoms with Crippen molar-refractivity contribution in [1.29, 1.82) is 0 Å². The van der Waals surface area contributed by atoms with Gasteiger partial charge in [-0.2, -0.15) is 0 Å². The fraction of sp³-hybridized carbons (Fsp3) is 0.105. The van der Waals surface area contributed by atoms with Gasteiger partial charge in [0.05, 0.1) is 18.0 Å². The molecule has 7 heteroatoms. The van der Waals surface area contributed by atoms with Crippen LogP contribution in [0.25, 0.3) is 22.6 Å². The Morgan fingerprint density at radius 2 is 1.92 bits per heavy atom. The number of nitrogens with one attached hydrogen (secondary N) is 2. The maximum atomic E-state index is 11.1. The van der Waals surface area contributed by atoms with Crippen LogP contribution >= 0.6 is 0 Å². The minimum Gasteiger partial charge on any atom is -0.461 e. The number of nitrogens with zero attached hydrogens (tertiary/aromatic N) is 3. The number of hydrogen-bond acceptors (Lipinski definition) is 5. The van der Waals surface area contributed by atoms with Crippen LogP contribution in [0.3, 0.4) is 0 Å². The van der Waals surface area contributed by atoms with Crippen LogP contribution in [-0.4, -0.2) is 20.4 Å². The number of hydrogen-bond donors (Lipinski definition) is 2. The molecule has 0 spiro atoms. The van der Waals surface area contributed by atoms with Crippen LogP contribution in [0.2, 0.25) is 0 Å². The van der Waals surface area contributed by atoms with Gasteiger partial charge in [0.1, 0.15) is 11.3 Å². The molecule has 3 heterocycles. The van der Waals surface area contributed by atoms with Crippen LogP contribution in [0.1, 0.15) is 6.92 Å². The molecule has 0 bridgehead atoms. The van der Waals surface area contributed by atoms with Gasteiger partial charge in [-0.25, -0.2) is 9.97 Å². The fourth-order valence-electron chi connectivity index (χ4n) is 2.78. The van der Waals surface area contributed by atoms with Crippen molar-refractivity contribution in [3.8, 4) is 11.6 Å².